The van der Waals surface area contributed by atoms with Crippen LogP contribution in [0.25, 0.3) is 0 Å². The molecule has 0 unspecified atom stereocenters. The predicted octanol–water partition coefficient (Wildman–Crippen LogP) is 4.59. The van der Waals surface area contributed by atoms with Gasteiger partial charge in [-0.3, -0.25) is 4.79 Å². The van der Waals surface area contributed by atoms with Gasteiger partial charge >= 0.3 is 0 Å². The Bertz CT molecular complexity index is 890. The molecule has 0 N–H and O–H groups in total. The molecule has 5 nitrogen and oxygen atoms in total. The first-order valence-corrected chi connectivity index (χ1v) is 12.6. The van der Waals surface area contributed by atoms with Crippen molar-refractivity contribution >= 4 is 17.5 Å². The van der Waals surface area contributed by atoms with Crippen LogP contribution >= 0.6 is 11.6 Å². The normalized spacial score (nSPS) is 17.9. The van der Waals surface area contributed by atoms with Gasteiger partial charge in [-0.25, -0.2) is 0 Å². The van der Waals surface area contributed by atoms with E-state index in [1.165, 1.54) is 18.4 Å². The molecule has 33 heavy (non-hydrogen) atoms. The van der Waals surface area contributed by atoms with Crippen LogP contribution in [0, 0.1) is 0 Å². The van der Waals surface area contributed by atoms with Crippen molar-refractivity contribution in [3.05, 3.63) is 64.7 Å². The Balaban J connectivity index is 1.36. The lowest BCUT2D eigenvalue weighted by Crippen LogP contribution is -2.49. The Morgan fingerprint density at radius 1 is 1.00 bits per heavy atom. The molecule has 2 fully saturated rings. The van der Waals surface area contributed by atoms with E-state index in [1.807, 2.05) is 36.4 Å². The highest BCUT2D eigenvalue weighted by molar-refractivity contribution is 6.30. The number of benzene rings is 2. The van der Waals surface area contributed by atoms with Crippen molar-refractivity contribution in [1.82, 2.24) is 14.7 Å². The second-order valence-corrected chi connectivity index (χ2v) is 9.66. The average Bonchev–Trinajstić information content (AvgIpc) is 3.38. The fraction of sp³-hybridized carbons (Fsp3) is 0.519. The summed E-state index contributed by atoms with van der Waals surface area (Å²) in [6, 6.07) is 16.0. The third kappa shape index (κ3) is 6.72. The van der Waals surface area contributed by atoms with Crippen LogP contribution in [0.2, 0.25) is 5.02 Å². The molecular weight excluding hydrogens is 434 g/mol. The number of hydrogen-bond donors (Lipinski definition) is 0. The van der Waals surface area contributed by atoms with E-state index in [4.69, 9.17) is 16.3 Å². The average molecular weight is 470 g/mol. The molecule has 178 valence electrons. The van der Waals surface area contributed by atoms with Crippen LogP contribution in [0.1, 0.15) is 41.6 Å². The van der Waals surface area contributed by atoms with Gasteiger partial charge in [0.05, 0.1) is 7.11 Å². The zero-order valence-electron chi connectivity index (χ0n) is 19.7. The lowest BCUT2D eigenvalue weighted by atomic mass is 10.0. The number of likely N-dealkylation sites (tertiary alicyclic amines) is 2. The van der Waals surface area contributed by atoms with Gasteiger partial charge in [-0.05, 0) is 81.1 Å². The van der Waals surface area contributed by atoms with Gasteiger partial charge in [0.1, 0.15) is 5.75 Å². The minimum absolute atomic E-state index is 0.132. The van der Waals surface area contributed by atoms with E-state index in [1.54, 1.807) is 7.11 Å². The summed E-state index contributed by atoms with van der Waals surface area (Å²) in [6.45, 7) is 7.19. The van der Waals surface area contributed by atoms with Crippen LogP contribution in [0.5, 0.6) is 5.75 Å². The Kier molecular flexibility index (Phi) is 8.65. The molecule has 6 heteroatoms. The topological polar surface area (TPSA) is 36.0 Å². The van der Waals surface area contributed by atoms with Gasteiger partial charge < -0.3 is 19.4 Å². The second-order valence-electron chi connectivity index (χ2n) is 9.23. The first kappa shape index (κ1) is 24.1. The number of carbonyl (C=O) groups is 1. The highest BCUT2D eigenvalue weighted by atomic mass is 35.5. The smallest absolute Gasteiger partial charge is 0.254 e. The first-order chi connectivity index (χ1) is 16.1. The van der Waals surface area contributed by atoms with Gasteiger partial charge in [0.2, 0.25) is 0 Å². The van der Waals surface area contributed by atoms with Crippen molar-refractivity contribution in [2.24, 2.45) is 0 Å². The van der Waals surface area contributed by atoms with Crippen molar-refractivity contribution in [1.29, 1.82) is 0 Å². The largest absolute Gasteiger partial charge is 0.497 e. The summed E-state index contributed by atoms with van der Waals surface area (Å²) in [5.41, 5.74) is 2.04. The predicted molar refractivity (Wildman–Crippen MR) is 134 cm³/mol. The molecule has 2 aliphatic heterocycles. The molecule has 0 aliphatic carbocycles. The van der Waals surface area contributed by atoms with Crippen molar-refractivity contribution in [3.63, 3.8) is 0 Å². The summed E-state index contributed by atoms with van der Waals surface area (Å²) in [5, 5.41) is 0.786. The third-order valence-electron chi connectivity index (χ3n) is 7.06. The zero-order valence-corrected chi connectivity index (χ0v) is 20.5. The van der Waals surface area contributed by atoms with Gasteiger partial charge in [0, 0.05) is 49.4 Å². The van der Waals surface area contributed by atoms with E-state index in [-0.39, 0.29) is 11.9 Å². The summed E-state index contributed by atoms with van der Waals surface area (Å²) >= 11 is 6.01. The van der Waals surface area contributed by atoms with Crippen LogP contribution in [0.4, 0.5) is 0 Å². The molecule has 0 saturated carbocycles. The quantitative estimate of drug-likeness (QED) is 0.538. The number of carbonyl (C=O) groups excluding carboxylic acids is 1. The number of piperidine rings is 1. The Hall–Kier alpha value is -2.08. The zero-order chi connectivity index (χ0) is 23.0. The van der Waals surface area contributed by atoms with Crippen LogP contribution in [0.3, 0.4) is 0 Å². The summed E-state index contributed by atoms with van der Waals surface area (Å²) < 4.78 is 5.36. The van der Waals surface area contributed by atoms with Crippen LogP contribution in [-0.4, -0.2) is 79.6 Å². The maximum absolute atomic E-state index is 13.6. The van der Waals surface area contributed by atoms with Gasteiger partial charge in [0.15, 0.2) is 0 Å². The Morgan fingerprint density at radius 2 is 1.70 bits per heavy atom. The van der Waals surface area contributed by atoms with E-state index >= 15 is 0 Å². The van der Waals surface area contributed by atoms with Crippen LogP contribution in [-0.2, 0) is 6.42 Å². The number of ether oxygens (including phenoxy) is 1. The fourth-order valence-corrected chi connectivity index (χ4v) is 5.15. The number of halogens is 1. The highest BCUT2D eigenvalue weighted by Gasteiger charge is 2.29. The summed E-state index contributed by atoms with van der Waals surface area (Å²) in [6.07, 6.45) is 5.63. The molecule has 4 rings (SSSR count). The lowest BCUT2D eigenvalue weighted by Gasteiger charge is -2.39. The van der Waals surface area contributed by atoms with Gasteiger partial charge in [0.25, 0.3) is 5.91 Å². The van der Waals surface area contributed by atoms with Crippen molar-refractivity contribution in [2.75, 3.05) is 52.9 Å². The SMILES string of the molecule is COc1cccc(C(=O)N(CCN2CCCC2)C2CCN(CCc3ccc(Cl)cc3)CC2)c1. The molecule has 0 radical (unpaired) electrons. The molecule has 0 aromatic heterocycles. The maximum atomic E-state index is 13.6. The van der Waals surface area contributed by atoms with Crippen LogP contribution < -0.4 is 4.74 Å². The van der Waals surface area contributed by atoms with Gasteiger partial charge in [-0.15, -0.1) is 0 Å². The summed E-state index contributed by atoms with van der Waals surface area (Å²) in [4.78, 5) is 20.7. The van der Waals surface area contributed by atoms with E-state index in [9.17, 15) is 4.79 Å². The molecule has 0 atom stereocenters. The molecule has 2 aliphatic rings. The fourth-order valence-electron chi connectivity index (χ4n) is 5.02. The number of methoxy groups -OCH3 is 1. The Labute approximate surface area is 203 Å². The number of hydrogen-bond acceptors (Lipinski definition) is 4. The van der Waals surface area contributed by atoms with E-state index in [0.29, 0.717) is 0 Å². The highest BCUT2D eigenvalue weighted by Crippen LogP contribution is 2.22. The van der Waals surface area contributed by atoms with E-state index in [0.717, 1.165) is 81.4 Å². The molecule has 2 heterocycles. The van der Waals surface area contributed by atoms with E-state index < -0.39 is 0 Å². The molecule has 1 amide bonds. The molecule has 2 saturated heterocycles. The third-order valence-corrected chi connectivity index (χ3v) is 7.31. The minimum atomic E-state index is 0.132. The summed E-state index contributed by atoms with van der Waals surface area (Å²) in [7, 11) is 1.65. The van der Waals surface area contributed by atoms with Crippen molar-refractivity contribution in [3.8, 4) is 5.75 Å². The number of nitrogens with zero attached hydrogens (tertiary/aromatic N) is 3. The molecule has 2 aromatic carbocycles. The van der Waals surface area contributed by atoms with E-state index in [2.05, 4.69) is 26.8 Å². The minimum Gasteiger partial charge on any atom is -0.497 e. The monoisotopic (exact) mass is 469 g/mol. The number of amides is 1. The Morgan fingerprint density at radius 3 is 2.39 bits per heavy atom. The van der Waals surface area contributed by atoms with Crippen molar-refractivity contribution < 1.29 is 9.53 Å². The second kappa shape index (κ2) is 11.9. The molecular formula is C27H36ClN3O2. The maximum Gasteiger partial charge on any atom is 0.254 e. The van der Waals surface area contributed by atoms with Gasteiger partial charge in [-0.2, -0.15) is 0 Å². The van der Waals surface area contributed by atoms with Crippen molar-refractivity contribution in [2.45, 2.75) is 38.1 Å². The first-order valence-electron chi connectivity index (χ1n) is 12.3. The standard InChI is InChI=1S/C27H36ClN3O2/c1-33-26-6-4-5-23(21-26)27(32)31(20-19-29-14-2-3-15-29)25-12-17-30(18-13-25)16-11-22-7-9-24(28)10-8-22/h4-10,21,25H,2-3,11-20H2,1H3. The lowest BCUT2D eigenvalue weighted by molar-refractivity contribution is 0.0549. The van der Waals surface area contributed by atoms with Gasteiger partial charge in [-0.1, -0.05) is 29.8 Å². The van der Waals surface area contributed by atoms with Crippen LogP contribution in [0.15, 0.2) is 48.5 Å². The number of rotatable bonds is 9. The molecule has 0 spiro atoms. The summed E-state index contributed by atoms with van der Waals surface area (Å²) in [5.74, 6) is 0.866. The molecule has 0 bridgehead atoms. The molecule has 2 aromatic rings.